The fourth-order valence-electron chi connectivity index (χ4n) is 3.04. The first-order valence-corrected chi connectivity index (χ1v) is 8.85. The highest BCUT2D eigenvalue weighted by atomic mass is 16.5. The largest absolute Gasteiger partial charge is 0.496 e. The predicted octanol–water partition coefficient (Wildman–Crippen LogP) is 2.71. The van der Waals surface area contributed by atoms with E-state index in [2.05, 4.69) is 16.5 Å². The van der Waals surface area contributed by atoms with Gasteiger partial charge in [-0.05, 0) is 43.9 Å². The first kappa shape index (κ1) is 19.5. The van der Waals surface area contributed by atoms with Gasteiger partial charge in [0.25, 0.3) is 0 Å². The lowest BCUT2D eigenvalue weighted by Gasteiger charge is -2.09. The number of amides is 1. The molecular formula is C20H26N4O2. The summed E-state index contributed by atoms with van der Waals surface area (Å²) in [6.07, 6.45) is 2.26. The number of nitrogens with one attached hydrogen (secondary N) is 1. The van der Waals surface area contributed by atoms with Crippen LogP contribution in [0.25, 0.3) is 0 Å². The highest BCUT2D eigenvalue weighted by molar-refractivity contribution is 5.76. The predicted molar refractivity (Wildman–Crippen MR) is 100.0 cm³/mol. The molecule has 0 saturated carbocycles. The van der Waals surface area contributed by atoms with E-state index in [0.717, 1.165) is 34.7 Å². The van der Waals surface area contributed by atoms with Gasteiger partial charge in [0.2, 0.25) is 5.91 Å². The second-order valence-corrected chi connectivity index (χ2v) is 6.19. The quantitative estimate of drug-likeness (QED) is 0.751. The second-order valence-electron chi connectivity index (χ2n) is 6.19. The Bertz CT molecular complexity index is 790. The van der Waals surface area contributed by atoms with Crippen molar-refractivity contribution >= 4 is 5.91 Å². The molecule has 1 aromatic heterocycles. The molecule has 26 heavy (non-hydrogen) atoms. The number of hydrogen-bond donors (Lipinski definition) is 1. The van der Waals surface area contributed by atoms with Crippen molar-refractivity contribution in [1.29, 1.82) is 5.26 Å². The van der Waals surface area contributed by atoms with E-state index in [1.807, 2.05) is 42.8 Å². The van der Waals surface area contributed by atoms with Crippen molar-refractivity contribution in [2.24, 2.45) is 0 Å². The van der Waals surface area contributed by atoms with Crippen LogP contribution in [-0.2, 0) is 24.2 Å². The van der Waals surface area contributed by atoms with Gasteiger partial charge in [-0.1, -0.05) is 18.2 Å². The van der Waals surface area contributed by atoms with Crippen LogP contribution in [0.5, 0.6) is 5.75 Å². The number of nitrogens with zero attached hydrogens (tertiary/aromatic N) is 3. The van der Waals surface area contributed by atoms with Crippen molar-refractivity contribution in [1.82, 2.24) is 15.1 Å². The Labute approximate surface area is 154 Å². The van der Waals surface area contributed by atoms with Crippen LogP contribution in [0.4, 0.5) is 0 Å². The van der Waals surface area contributed by atoms with Crippen molar-refractivity contribution in [2.75, 3.05) is 13.7 Å². The van der Waals surface area contributed by atoms with Crippen LogP contribution in [0.1, 0.15) is 35.4 Å². The summed E-state index contributed by atoms with van der Waals surface area (Å²) >= 11 is 0. The average Bonchev–Trinajstić information content (AvgIpc) is 2.91. The number of methoxy groups -OCH3 is 1. The van der Waals surface area contributed by atoms with Gasteiger partial charge >= 0.3 is 0 Å². The molecule has 0 atom stereocenters. The number of carbonyl (C=O) groups is 1. The van der Waals surface area contributed by atoms with Crippen LogP contribution >= 0.6 is 0 Å². The van der Waals surface area contributed by atoms with Crippen LogP contribution in [0, 0.1) is 25.2 Å². The Morgan fingerprint density at radius 2 is 2.08 bits per heavy atom. The Morgan fingerprint density at radius 3 is 2.81 bits per heavy atom. The zero-order chi connectivity index (χ0) is 18.9. The first-order valence-electron chi connectivity index (χ1n) is 8.85. The van der Waals surface area contributed by atoms with Gasteiger partial charge in [0, 0.05) is 18.7 Å². The van der Waals surface area contributed by atoms with E-state index >= 15 is 0 Å². The summed E-state index contributed by atoms with van der Waals surface area (Å²) in [4.78, 5) is 12.1. The van der Waals surface area contributed by atoms with E-state index in [9.17, 15) is 4.79 Å². The third-order valence-corrected chi connectivity index (χ3v) is 4.48. The number of ether oxygens (including phenoxy) is 1. The maximum absolute atomic E-state index is 12.1. The minimum Gasteiger partial charge on any atom is -0.496 e. The second kappa shape index (κ2) is 9.62. The number of aromatic nitrogens is 2. The van der Waals surface area contributed by atoms with Gasteiger partial charge in [0.05, 0.1) is 31.8 Å². The Kier molecular flexibility index (Phi) is 7.22. The van der Waals surface area contributed by atoms with E-state index in [0.29, 0.717) is 32.4 Å². The van der Waals surface area contributed by atoms with Crippen molar-refractivity contribution in [3.8, 4) is 11.8 Å². The fourth-order valence-corrected chi connectivity index (χ4v) is 3.04. The average molecular weight is 354 g/mol. The van der Waals surface area contributed by atoms with Crippen LogP contribution in [0.2, 0.25) is 0 Å². The number of rotatable bonds is 9. The lowest BCUT2D eigenvalue weighted by Crippen LogP contribution is -2.26. The van der Waals surface area contributed by atoms with Gasteiger partial charge in [-0.3, -0.25) is 9.48 Å². The Balaban J connectivity index is 1.82. The minimum absolute atomic E-state index is 0.0310. The molecule has 0 aliphatic carbocycles. The summed E-state index contributed by atoms with van der Waals surface area (Å²) < 4.78 is 7.18. The minimum atomic E-state index is 0.0310. The molecular weight excluding hydrogens is 328 g/mol. The Morgan fingerprint density at radius 1 is 1.31 bits per heavy atom. The monoisotopic (exact) mass is 354 g/mol. The molecule has 0 radical (unpaired) electrons. The van der Waals surface area contributed by atoms with E-state index in [1.54, 1.807) is 7.11 Å². The summed E-state index contributed by atoms with van der Waals surface area (Å²) in [6, 6.07) is 9.96. The van der Waals surface area contributed by atoms with Crippen LogP contribution in [0.3, 0.4) is 0 Å². The van der Waals surface area contributed by atoms with Crippen LogP contribution < -0.4 is 10.1 Å². The molecule has 0 aliphatic heterocycles. The van der Waals surface area contributed by atoms with Gasteiger partial charge in [0.1, 0.15) is 5.75 Å². The molecule has 2 aromatic rings. The summed E-state index contributed by atoms with van der Waals surface area (Å²) in [5, 5.41) is 16.2. The third kappa shape index (κ3) is 5.09. The topological polar surface area (TPSA) is 79.9 Å². The van der Waals surface area contributed by atoms with Gasteiger partial charge in [-0.15, -0.1) is 0 Å². The SMILES string of the molecule is COc1ccccc1CCNC(=O)CCc1c(C)nn(CCC#N)c1C. The molecule has 1 N–H and O–H groups in total. The summed E-state index contributed by atoms with van der Waals surface area (Å²) in [6.45, 7) is 5.12. The normalized spacial score (nSPS) is 10.4. The van der Waals surface area contributed by atoms with Crippen LogP contribution in [-0.4, -0.2) is 29.3 Å². The van der Waals surface area contributed by atoms with Crippen molar-refractivity contribution in [3.05, 3.63) is 46.8 Å². The van der Waals surface area contributed by atoms with E-state index in [4.69, 9.17) is 10.00 Å². The molecule has 138 valence electrons. The van der Waals surface area contributed by atoms with E-state index in [-0.39, 0.29) is 5.91 Å². The summed E-state index contributed by atoms with van der Waals surface area (Å²) in [5.74, 6) is 0.876. The molecule has 0 aliphatic rings. The van der Waals surface area contributed by atoms with Gasteiger partial charge < -0.3 is 10.1 Å². The molecule has 1 amide bonds. The van der Waals surface area contributed by atoms with Crippen molar-refractivity contribution < 1.29 is 9.53 Å². The summed E-state index contributed by atoms with van der Waals surface area (Å²) in [7, 11) is 1.65. The lowest BCUT2D eigenvalue weighted by atomic mass is 10.1. The molecule has 6 nitrogen and oxygen atoms in total. The molecule has 2 rings (SSSR count). The number of para-hydroxylation sites is 1. The maximum atomic E-state index is 12.1. The molecule has 1 heterocycles. The first-order chi connectivity index (χ1) is 12.6. The number of aryl methyl sites for hydroxylation is 2. The number of hydrogen-bond acceptors (Lipinski definition) is 4. The fraction of sp³-hybridized carbons (Fsp3) is 0.450. The van der Waals surface area contributed by atoms with Gasteiger partial charge in [-0.25, -0.2) is 0 Å². The zero-order valence-electron chi connectivity index (χ0n) is 15.7. The van der Waals surface area contributed by atoms with Gasteiger partial charge in [-0.2, -0.15) is 10.4 Å². The lowest BCUT2D eigenvalue weighted by molar-refractivity contribution is -0.121. The van der Waals surface area contributed by atoms with Crippen molar-refractivity contribution in [2.45, 2.75) is 46.1 Å². The van der Waals surface area contributed by atoms with Crippen molar-refractivity contribution in [3.63, 3.8) is 0 Å². The third-order valence-electron chi connectivity index (χ3n) is 4.48. The van der Waals surface area contributed by atoms with E-state index in [1.165, 1.54) is 0 Å². The molecule has 0 fully saturated rings. The zero-order valence-corrected chi connectivity index (χ0v) is 15.7. The number of nitriles is 1. The number of carbonyl (C=O) groups excluding carboxylic acids is 1. The molecule has 0 unspecified atom stereocenters. The highest BCUT2D eigenvalue weighted by Gasteiger charge is 2.13. The van der Waals surface area contributed by atoms with Gasteiger partial charge in [0.15, 0.2) is 0 Å². The van der Waals surface area contributed by atoms with E-state index < -0.39 is 0 Å². The molecule has 0 bridgehead atoms. The molecule has 0 spiro atoms. The summed E-state index contributed by atoms with van der Waals surface area (Å²) in [5.41, 5.74) is 4.16. The maximum Gasteiger partial charge on any atom is 0.220 e. The van der Waals surface area contributed by atoms with Crippen LogP contribution in [0.15, 0.2) is 24.3 Å². The molecule has 6 heteroatoms. The Hall–Kier alpha value is -2.81. The smallest absolute Gasteiger partial charge is 0.220 e. The molecule has 1 aromatic carbocycles. The highest BCUT2D eigenvalue weighted by Crippen LogP contribution is 2.17. The standard InChI is InChI=1S/C20H26N4O2/c1-15-18(16(2)24(23-15)14-6-12-21)9-10-20(25)22-13-11-17-7-4-5-8-19(17)26-3/h4-5,7-8H,6,9-11,13-14H2,1-3H3,(H,22,25). The number of benzene rings is 1. The molecule has 0 saturated heterocycles.